The topological polar surface area (TPSA) is 6.48 Å². The van der Waals surface area contributed by atoms with Crippen LogP contribution in [-0.2, 0) is 0 Å². The molecule has 0 bridgehead atoms. The van der Waals surface area contributed by atoms with Crippen molar-refractivity contribution in [2.45, 2.75) is 39.3 Å². The van der Waals surface area contributed by atoms with Crippen LogP contribution in [0.15, 0.2) is 182 Å². The van der Waals surface area contributed by atoms with Gasteiger partial charge in [0.1, 0.15) is 23.3 Å². The molecular weight excluding hydrogens is 857 g/mol. The Morgan fingerprint density at radius 3 is 1.09 bits per heavy atom. The zero-order chi connectivity index (χ0) is 46.1. The molecule has 0 amide bonds. The van der Waals surface area contributed by atoms with Crippen LogP contribution in [0.2, 0.25) is 39.3 Å². The highest BCUT2D eigenvalue weighted by Gasteiger charge is 2.27. The maximum Gasteiger partial charge on any atom is 0.148 e. The lowest BCUT2D eigenvalue weighted by Gasteiger charge is -2.30. The second-order valence-corrected chi connectivity index (χ2v) is 29.3. The van der Waals surface area contributed by atoms with Gasteiger partial charge in [0.15, 0.2) is 0 Å². The maximum absolute atomic E-state index is 16.9. The van der Waals surface area contributed by atoms with Crippen LogP contribution in [-0.4, -0.2) is 16.1 Å². The van der Waals surface area contributed by atoms with Crippen molar-refractivity contribution in [2.24, 2.45) is 0 Å². The molecular formula is C58H48F4N2Si2. The van der Waals surface area contributed by atoms with Gasteiger partial charge in [-0.1, -0.05) is 171 Å². The number of rotatable bonds is 10. The smallest absolute Gasteiger partial charge is 0.148 e. The lowest BCUT2D eigenvalue weighted by Crippen LogP contribution is -2.37. The van der Waals surface area contributed by atoms with Crippen LogP contribution in [0.1, 0.15) is 0 Å². The molecule has 0 N–H and O–H groups in total. The van der Waals surface area contributed by atoms with Crippen molar-refractivity contribution in [1.29, 1.82) is 0 Å². The van der Waals surface area contributed by atoms with E-state index in [1.165, 1.54) is 24.3 Å². The zero-order valence-electron chi connectivity index (χ0n) is 37.7. The molecule has 0 aliphatic carbocycles. The van der Waals surface area contributed by atoms with Crippen LogP contribution in [0.25, 0.3) is 54.6 Å². The Balaban J connectivity index is 1.15. The molecule has 0 unspecified atom stereocenters. The monoisotopic (exact) mass is 904 g/mol. The standard InChI is InChI=1S/C58H48F4N2Si2/c1-65(2,3)43-21-13-15-39(31-43)47-33-51(61)55(35-49(47)59)63(41-17-9-7-10-18-41)53-29-25-37-24-28-46-54(30-26-38-23-27-45(53)57(37)58(38)46)64(42-19-11-8-12-20-42)56-36-50(60)48(34-52(56)62)40-16-14-22-44(32-40)66(4,5)6/h7-36H,1-6H3. The first-order valence-corrected chi connectivity index (χ1v) is 29.3. The normalized spacial score (nSPS) is 12.1. The van der Waals surface area contributed by atoms with Crippen molar-refractivity contribution in [2.75, 3.05) is 9.80 Å². The van der Waals surface area contributed by atoms with Gasteiger partial charge in [-0.2, -0.15) is 0 Å². The van der Waals surface area contributed by atoms with E-state index in [0.29, 0.717) is 33.9 Å². The van der Waals surface area contributed by atoms with Gasteiger partial charge in [-0.3, -0.25) is 0 Å². The molecule has 8 heteroatoms. The van der Waals surface area contributed by atoms with E-state index in [1.54, 1.807) is 9.80 Å². The molecule has 0 atom stereocenters. The largest absolute Gasteiger partial charge is 0.307 e. The first kappa shape index (κ1) is 42.9. The summed E-state index contributed by atoms with van der Waals surface area (Å²) in [7, 11) is -3.46. The molecule has 10 rings (SSSR count). The van der Waals surface area contributed by atoms with Gasteiger partial charge in [-0.25, -0.2) is 17.6 Å². The molecule has 2 nitrogen and oxygen atoms in total. The predicted molar refractivity (Wildman–Crippen MR) is 276 cm³/mol. The fourth-order valence-corrected chi connectivity index (χ4v) is 11.7. The second kappa shape index (κ2) is 16.5. The summed E-state index contributed by atoms with van der Waals surface area (Å²) in [5, 5.41) is 7.63. The summed E-state index contributed by atoms with van der Waals surface area (Å²) in [4.78, 5) is 3.56. The highest BCUT2D eigenvalue weighted by Crippen LogP contribution is 2.49. The Labute approximate surface area is 385 Å². The minimum Gasteiger partial charge on any atom is -0.307 e. The molecule has 0 heterocycles. The van der Waals surface area contributed by atoms with E-state index < -0.39 is 39.4 Å². The molecule has 0 saturated carbocycles. The van der Waals surface area contributed by atoms with Gasteiger partial charge in [0.25, 0.3) is 0 Å². The molecule has 0 aliphatic heterocycles. The van der Waals surface area contributed by atoms with Crippen molar-refractivity contribution >= 4 is 93.0 Å². The predicted octanol–water partition coefficient (Wildman–Crippen LogP) is 16.5. The van der Waals surface area contributed by atoms with Crippen LogP contribution in [0.3, 0.4) is 0 Å². The third-order valence-corrected chi connectivity index (χ3v) is 16.8. The summed E-state index contributed by atoms with van der Waals surface area (Å²) in [5.74, 6) is -2.19. The molecule has 0 spiro atoms. The average Bonchev–Trinajstić information content (AvgIpc) is 3.31. The van der Waals surface area contributed by atoms with Gasteiger partial charge in [-0.05, 0) is 81.2 Å². The van der Waals surface area contributed by atoms with Crippen LogP contribution in [0.4, 0.5) is 51.7 Å². The Bertz CT molecular complexity index is 3220. The van der Waals surface area contributed by atoms with Crippen molar-refractivity contribution < 1.29 is 17.6 Å². The van der Waals surface area contributed by atoms with Crippen LogP contribution in [0, 0.1) is 23.3 Å². The fourth-order valence-electron chi connectivity index (χ4n) is 9.29. The summed E-state index contributed by atoms with van der Waals surface area (Å²) in [5.41, 5.74) is 4.45. The Kier molecular flexibility index (Phi) is 10.7. The van der Waals surface area contributed by atoms with Crippen molar-refractivity contribution in [3.8, 4) is 22.3 Å². The Hall–Kier alpha value is -7.01. The number of halogens is 4. The van der Waals surface area contributed by atoms with E-state index >= 15 is 17.6 Å². The molecule has 326 valence electrons. The Morgan fingerprint density at radius 1 is 0.333 bits per heavy atom. The molecule has 66 heavy (non-hydrogen) atoms. The third-order valence-electron chi connectivity index (χ3n) is 12.8. The summed E-state index contributed by atoms with van der Waals surface area (Å²) in [6.45, 7) is 13.4. The molecule has 0 fully saturated rings. The minimum absolute atomic E-state index is 0.0722. The van der Waals surface area contributed by atoms with E-state index in [1.807, 2.05) is 146 Å². The van der Waals surface area contributed by atoms with Gasteiger partial charge in [0, 0.05) is 45.4 Å². The molecule has 0 saturated heterocycles. The second-order valence-electron chi connectivity index (χ2n) is 19.2. The first-order valence-electron chi connectivity index (χ1n) is 22.3. The quantitative estimate of drug-likeness (QED) is 0.0766. The maximum atomic E-state index is 16.9. The van der Waals surface area contributed by atoms with Crippen LogP contribution in [0.5, 0.6) is 0 Å². The summed E-state index contributed by atoms with van der Waals surface area (Å²) < 4.78 is 67.0. The molecule has 10 aromatic rings. The van der Waals surface area contributed by atoms with E-state index in [-0.39, 0.29) is 22.5 Å². The van der Waals surface area contributed by atoms with Crippen molar-refractivity contribution in [3.63, 3.8) is 0 Å². The lowest BCUT2D eigenvalue weighted by molar-refractivity contribution is 0.604. The molecule has 10 aromatic carbocycles. The number of hydrogen-bond donors (Lipinski definition) is 0. The highest BCUT2D eigenvalue weighted by molar-refractivity contribution is 6.89. The van der Waals surface area contributed by atoms with Gasteiger partial charge in [0.2, 0.25) is 0 Å². The number of anilines is 6. The van der Waals surface area contributed by atoms with Gasteiger partial charge in [-0.15, -0.1) is 0 Å². The van der Waals surface area contributed by atoms with E-state index in [4.69, 9.17) is 0 Å². The van der Waals surface area contributed by atoms with Gasteiger partial charge < -0.3 is 9.80 Å². The minimum atomic E-state index is -1.73. The molecule has 0 radical (unpaired) electrons. The number of nitrogens with zero attached hydrogens (tertiary/aromatic N) is 2. The summed E-state index contributed by atoms with van der Waals surface area (Å²) in [6, 6.07) is 55.7. The SMILES string of the molecule is C[Si](C)(C)c1cccc(-c2cc(F)c(N(c3ccccc3)c3ccc4ccc5c(N(c6ccccc6)c6cc(F)c(-c7cccc([Si](C)(C)C)c7)cc6F)ccc6ccc3c4c65)cc2F)c1. The van der Waals surface area contributed by atoms with E-state index in [0.717, 1.165) is 42.7 Å². The first-order chi connectivity index (χ1) is 31.7. The average molecular weight is 905 g/mol. The number of para-hydroxylation sites is 2. The fraction of sp³-hybridized carbons (Fsp3) is 0.103. The third kappa shape index (κ3) is 7.63. The molecule has 0 aliphatic rings. The summed E-state index contributed by atoms with van der Waals surface area (Å²) in [6.07, 6.45) is 0. The Morgan fingerprint density at radius 2 is 0.712 bits per heavy atom. The summed E-state index contributed by atoms with van der Waals surface area (Å²) >= 11 is 0. The van der Waals surface area contributed by atoms with Gasteiger partial charge in [0.05, 0.1) is 38.9 Å². The molecule has 0 aromatic heterocycles. The van der Waals surface area contributed by atoms with Gasteiger partial charge >= 0.3 is 0 Å². The van der Waals surface area contributed by atoms with Crippen molar-refractivity contribution in [3.05, 3.63) is 205 Å². The van der Waals surface area contributed by atoms with Crippen LogP contribution >= 0.6 is 0 Å². The van der Waals surface area contributed by atoms with Crippen molar-refractivity contribution in [1.82, 2.24) is 0 Å². The van der Waals surface area contributed by atoms with E-state index in [2.05, 4.69) is 51.4 Å². The number of benzene rings is 10. The number of hydrogen-bond acceptors (Lipinski definition) is 2. The zero-order valence-corrected chi connectivity index (χ0v) is 39.7. The van der Waals surface area contributed by atoms with Crippen LogP contribution < -0.4 is 20.2 Å². The van der Waals surface area contributed by atoms with E-state index in [9.17, 15) is 0 Å². The lowest BCUT2D eigenvalue weighted by atomic mass is 9.91. The highest BCUT2D eigenvalue weighted by atomic mass is 28.3.